The second-order valence-corrected chi connectivity index (χ2v) is 5.12. The highest BCUT2D eigenvalue weighted by Crippen LogP contribution is 2.30. The number of benzene rings is 1. The summed E-state index contributed by atoms with van der Waals surface area (Å²) in [5.74, 6) is 2.06. The first-order valence-corrected chi connectivity index (χ1v) is 7.87. The van der Waals surface area contributed by atoms with Gasteiger partial charge in [0.15, 0.2) is 17.5 Å². The van der Waals surface area contributed by atoms with Gasteiger partial charge in [-0.3, -0.25) is 9.98 Å². The van der Waals surface area contributed by atoms with Gasteiger partial charge in [-0.25, -0.2) is 0 Å². The Hall–Kier alpha value is -2.76. The van der Waals surface area contributed by atoms with Crippen LogP contribution < -0.4 is 20.1 Å². The molecule has 0 saturated heterocycles. The third-order valence-electron chi connectivity index (χ3n) is 3.33. The van der Waals surface area contributed by atoms with Crippen molar-refractivity contribution in [2.24, 2.45) is 4.99 Å². The molecule has 1 aromatic heterocycles. The fourth-order valence-corrected chi connectivity index (χ4v) is 2.21. The summed E-state index contributed by atoms with van der Waals surface area (Å²) in [4.78, 5) is 8.69. The van der Waals surface area contributed by atoms with Crippen LogP contribution in [0.4, 0.5) is 5.69 Å². The first-order valence-electron chi connectivity index (χ1n) is 7.87. The van der Waals surface area contributed by atoms with Crippen molar-refractivity contribution in [2.45, 2.75) is 20.4 Å². The summed E-state index contributed by atoms with van der Waals surface area (Å²) < 4.78 is 10.9. The molecule has 24 heavy (non-hydrogen) atoms. The molecule has 0 aliphatic carbocycles. The van der Waals surface area contributed by atoms with Crippen LogP contribution in [0.2, 0.25) is 0 Å². The predicted octanol–water partition coefficient (Wildman–Crippen LogP) is 2.98. The Kier molecular flexibility index (Phi) is 6.42. The van der Waals surface area contributed by atoms with Crippen LogP contribution >= 0.6 is 0 Å². The van der Waals surface area contributed by atoms with E-state index in [2.05, 4.69) is 20.6 Å². The van der Waals surface area contributed by atoms with Crippen molar-refractivity contribution in [2.75, 3.05) is 26.1 Å². The summed E-state index contributed by atoms with van der Waals surface area (Å²) >= 11 is 0. The number of anilines is 1. The first-order chi connectivity index (χ1) is 11.7. The molecule has 0 fully saturated rings. The number of nitrogens with zero attached hydrogens (tertiary/aromatic N) is 2. The van der Waals surface area contributed by atoms with Gasteiger partial charge < -0.3 is 20.1 Å². The van der Waals surface area contributed by atoms with Gasteiger partial charge in [-0.05, 0) is 38.1 Å². The highest BCUT2D eigenvalue weighted by Gasteiger charge is 2.07. The smallest absolute Gasteiger partial charge is 0.195 e. The molecule has 1 aromatic carbocycles. The summed E-state index contributed by atoms with van der Waals surface area (Å²) in [6, 6.07) is 11.6. The lowest BCUT2D eigenvalue weighted by atomic mass is 10.2. The van der Waals surface area contributed by atoms with E-state index in [0.717, 1.165) is 22.8 Å². The van der Waals surface area contributed by atoms with Crippen LogP contribution in [0.5, 0.6) is 11.5 Å². The number of aryl methyl sites for hydroxylation is 1. The summed E-state index contributed by atoms with van der Waals surface area (Å²) in [6.45, 7) is 5.10. The van der Waals surface area contributed by atoms with Crippen molar-refractivity contribution in [3.63, 3.8) is 0 Å². The Morgan fingerprint density at radius 2 is 2.04 bits per heavy atom. The van der Waals surface area contributed by atoms with E-state index in [1.807, 2.05) is 50.2 Å². The maximum absolute atomic E-state index is 5.52. The van der Waals surface area contributed by atoms with E-state index in [9.17, 15) is 0 Å². The quantitative estimate of drug-likeness (QED) is 0.630. The van der Waals surface area contributed by atoms with E-state index in [1.54, 1.807) is 14.2 Å². The van der Waals surface area contributed by atoms with Crippen LogP contribution in [-0.2, 0) is 6.54 Å². The zero-order valence-corrected chi connectivity index (χ0v) is 14.6. The van der Waals surface area contributed by atoms with Crippen LogP contribution in [0.1, 0.15) is 18.3 Å². The molecule has 0 unspecified atom stereocenters. The zero-order valence-electron chi connectivity index (χ0n) is 14.6. The number of hydrogen-bond donors (Lipinski definition) is 2. The fraction of sp³-hybridized carbons (Fsp3) is 0.333. The van der Waals surface area contributed by atoms with Gasteiger partial charge in [-0.15, -0.1) is 0 Å². The number of guanidine groups is 1. The highest BCUT2D eigenvalue weighted by molar-refractivity contribution is 5.93. The fourth-order valence-electron chi connectivity index (χ4n) is 2.21. The van der Waals surface area contributed by atoms with Crippen LogP contribution in [0.3, 0.4) is 0 Å². The van der Waals surface area contributed by atoms with E-state index in [0.29, 0.717) is 24.9 Å². The van der Waals surface area contributed by atoms with Gasteiger partial charge in [0.1, 0.15) is 0 Å². The van der Waals surface area contributed by atoms with Gasteiger partial charge in [0, 0.05) is 24.5 Å². The van der Waals surface area contributed by atoms with Crippen LogP contribution in [0, 0.1) is 6.92 Å². The molecule has 6 heteroatoms. The lowest BCUT2D eigenvalue weighted by Gasteiger charge is -2.14. The van der Waals surface area contributed by atoms with Crippen molar-refractivity contribution >= 4 is 11.6 Å². The normalized spacial score (nSPS) is 11.1. The molecular formula is C18H24N4O2. The van der Waals surface area contributed by atoms with Gasteiger partial charge in [-0.1, -0.05) is 6.07 Å². The summed E-state index contributed by atoms with van der Waals surface area (Å²) in [5.41, 5.74) is 2.82. The van der Waals surface area contributed by atoms with Gasteiger partial charge >= 0.3 is 0 Å². The lowest BCUT2D eigenvalue weighted by Crippen LogP contribution is -2.30. The van der Waals surface area contributed by atoms with Gasteiger partial charge in [0.05, 0.1) is 26.0 Å². The second kappa shape index (κ2) is 8.76. The van der Waals surface area contributed by atoms with E-state index in [-0.39, 0.29) is 0 Å². The average molecular weight is 328 g/mol. The summed E-state index contributed by atoms with van der Waals surface area (Å²) in [5, 5.41) is 6.48. The number of aromatic nitrogens is 1. The third-order valence-corrected chi connectivity index (χ3v) is 3.33. The second-order valence-electron chi connectivity index (χ2n) is 5.12. The van der Waals surface area contributed by atoms with E-state index in [1.165, 1.54) is 0 Å². The Labute approximate surface area is 142 Å². The number of ether oxygens (including phenoxy) is 2. The van der Waals surface area contributed by atoms with Crippen LogP contribution in [-0.4, -0.2) is 31.7 Å². The van der Waals surface area contributed by atoms with Crippen molar-refractivity contribution in [3.8, 4) is 11.5 Å². The van der Waals surface area contributed by atoms with Crippen LogP contribution in [0.15, 0.2) is 41.4 Å². The molecule has 2 rings (SSSR count). The number of methoxy groups -OCH3 is 1. The number of hydrogen-bond acceptors (Lipinski definition) is 4. The zero-order chi connectivity index (χ0) is 17.4. The molecule has 0 aliphatic heterocycles. The average Bonchev–Trinajstić information content (AvgIpc) is 2.60. The molecule has 0 spiro atoms. The maximum Gasteiger partial charge on any atom is 0.195 e. The Bertz CT molecular complexity index is 701. The molecule has 0 atom stereocenters. The minimum atomic E-state index is 0.593. The molecular weight excluding hydrogens is 304 g/mol. The largest absolute Gasteiger partial charge is 0.493 e. The molecule has 0 radical (unpaired) electrons. The highest BCUT2D eigenvalue weighted by atomic mass is 16.5. The molecule has 6 nitrogen and oxygen atoms in total. The monoisotopic (exact) mass is 328 g/mol. The van der Waals surface area contributed by atoms with Gasteiger partial charge in [0.25, 0.3) is 0 Å². The van der Waals surface area contributed by atoms with Crippen molar-refractivity contribution in [1.82, 2.24) is 10.3 Å². The maximum atomic E-state index is 5.52. The Morgan fingerprint density at radius 3 is 2.71 bits per heavy atom. The minimum absolute atomic E-state index is 0.593. The minimum Gasteiger partial charge on any atom is -0.493 e. The number of pyridine rings is 1. The molecule has 0 saturated carbocycles. The van der Waals surface area contributed by atoms with Crippen molar-refractivity contribution in [3.05, 3.63) is 47.8 Å². The molecule has 0 amide bonds. The molecule has 2 aromatic rings. The SMILES string of the molecule is CCOc1ccc(NC(=NC)NCc2cccc(C)n2)cc1OC. The van der Waals surface area contributed by atoms with Gasteiger partial charge in [-0.2, -0.15) is 0 Å². The molecule has 128 valence electrons. The van der Waals surface area contributed by atoms with Gasteiger partial charge in [0.2, 0.25) is 0 Å². The number of aliphatic imine (C=N–C) groups is 1. The Balaban J connectivity index is 2.02. The molecule has 2 N–H and O–H groups in total. The topological polar surface area (TPSA) is 67.8 Å². The lowest BCUT2D eigenvalue weighted by molar-refractivity contribution is 0.311. The molecule has 0 bridgehead atoms. The van der Waals surface area contributed by atoms with Crippen molar-refractivity contribution < 1.29 is 9.47 Å². The van der Waals surface area contributed by atoms with E-state index in [4.69, 9.17) is 9.47 Å². The van der Waals surface area contributed by atoms with E-state index >= 15 is 0 Å². The number of nitrogens with one attached hydrogen (secondary N) is 2. The summed E-state index contributed by atoms with van der Waals surface area (Å²) in [6.07, 6.45) is 0. The standard InChI is InChI=1S/C18H24N4O2/c1-5-24-16-10-9-14(11-17(16)23-4)22-18(19-3)20-12-15-8-6-7-13(2)21-15/h6-11H,5,12H2,1-4H3,(H2,19,20,22). The molecule has 1 heterocycles. The van der Waals surface area contributed by atoms with Crippen LogP contribution in [0.25, 0.3) is 0 Å². The summed E-state index contributed by atoms with van der Waals surface area (Å²) in [7, 11) is 3.35. The third kappa shape index (κ3) is 4.87. The number of rotatable bonds is 6. The van der Waals surface area contributed by atoms with E-state index < -0.39 is 0 Å². The predicted molar refractivity (Wildman–Crippen MR) is 97.0 cm³/mol. The first kappa shape index (κ1) is 17.6. The van der Waals surface area contributed by atoms with Crippen molar-refractivity contribution in [1.29, 1.82) is 0 Å². The Morgan fingerprint density at radius 1 is 1.21 bits per heavy atom. The molecule has 0 aliphatic rings.